The van der Waals surface area contributed by atoms with E-state index >= 15 is 0 Å². The second kappa shape index (κ2) is 7.03. The van der Waals surface area contributed by atoms with Crippen LogP contribution in [0.5, 0.6) is 0 Å². The first-order valence-electron chi connectivity index (χ1n) is 7.06. The molecule has 0 amide bonds. The fraction of sp³-hybridized carbons (Fsp3) is 0.154. The molecule has 3 rings (SSSR count). The number of nitrogens with zero attached hydrogens (tertiary/aromatic N) is 6. The Kier molecular flexibility index (Phi) is 4.79. The van der Waals surface area contributed by atoms with E-state index in [9.17, 15) is 13.2 Å². The lowest BCUT2D eigenvalue weighted by molar-refractivity contribution is -0.146. The van der Waals surface area contributed by atoms with Gasteiger partial charge in [0.05, 0.1) is 5.75 Å². The molecule has 5 N–H and O–H groups in total. The fourth-order valence-electron chi connectivity index (χ4n) is 1.91. The molecule has 0 aliphatic rings. The second-order valence-corrected chi connectivity index (χ2v) is 5.83. The van der Waals surface area contributed by atoms with Gasteiger partial charge < -0.3 is 16.9 Å². The quantitative estimate of drug-likeness (QED) is 0.445. The van der Waals surface area contributed by atoms with Gasteiger partial charge in [-0.3, -0.25) is 0 Å². The molecule has 1 aromatic carbocycles. The molecular weight excluding hydrogens is 371 g/mol. The van der Waals surface area contributed by atoms with Gasteiger partial charge in [0.2, 0.25) is 17.1 Å². The summed E-state index contributed by atoms with van der Waals surface area (Å²) in [7, 11) is 0. The van der Waals surface area contributed by atoms with Crippen LogP contribution in [0.1, 0.15) is 11.6 Å². The number of aromatic nitrogens is 6. The molecule has 3 aromatic rings. The molecule has 0 aliphatic carbocycles. The number of nitrogens with two attached hydrogens (primary N) is 2. The van der Waals surface area contributed by atoms with Gasteiger partial charge in [0.15, 0.2) is 0 Å². The van der Waals surface area contributed by atoms with Gasteiger partial charge in [0.1, 0.15) is 5.82 Å². The molecule has 136 valence electrons. The molecule has 0 spiro atoms. The number of thioether (sulfide) groups is 1. The van der Waals surface area contributed by atoms with Gasteiger partial charge in [0, 0.05) is 5.69 Å². The van der Waals surface area contributed by atoms with E-state index in [4.69, 9.17) is 11.6 Å². The molecule has 2 heterocycles. The van der Waals surface area contributed by atoms with Gasteiger partial charge in [-0.05, 0) is 12.1 Å². The van der Waals surface area contributed by atoms with E-state index in [-0.39, 0.29) is 28.6 Å². The zero-order valence-corrected chi connectivity index (χ0v) is 13.8. The third-order valence-electron chi connectivity index (χ3n) is 2.98. The molecule has 0 fully saturated rings. The third-order valence-corrected chi connectivity index (χ3v) is 3.92. The van der Waals surface area contributed by atoms with E-state index in [1.54, 1.807) is 0 Å². The average Bonchev–Trinajstić information content (AvgIpc) is 2.94. The molecule has 0 saturated carbocycles. The Morgan fingerprint density at radius 2 is 1.81 bits per heavy atom. The van der Waals surface area contributed by atoms with Gasteiger partial charge in [-0.15, -0.1) is 10.2 Å². The second-order valence-electron chi connectivity index (χ2n) is 4.89. The zero-order chi connectivity index (χ0) is 18.7. The normalized spacial score (nSPS) is 11.5. The number of nitrogen functional groups attached to an aromatic ring is 2. The summed E-state index contributed by atoms with van der Waals surface area (Å²) in [5.41, 5.74) is 6.40. The van der Waals surface area contributed by atoms with Crippen LogP contribution in [0.2, 0.25) is 0 Å². The van der Waals surface area contributed by atoms with Gasteiger partial charge in [-0.1, -0.05) is 30.0 Å². The minimum absolute atomic E-state index is 0.0285. The first-order valence-corrected chi connectivity index (χ1v) is 8.04. The molecule has 26 heavy (non-hydrogen) atoms. The highest BCUT2D eigenvalue weighted by Crippen LogP contribution is 2.29. The summed E-state index contributed by atoms with van der Waals surface area (Å²) in [6.07, 6.45) is -4.69. The van der Waals surface area contributed by atoms with E-state index < -0.39 is 12.0 Å². The Bertz CT molecular complexity index is 898. The number of benzene rings is 1. The van der Waals surface area contributed by atoms with Crippen molar-refractivity contribution in [2.75, 3.05) is 16.9 Å². The Balaban J connectivity index is 1.74. The molecule has 0 unspecified atom stereocenters. The lowest BCUT2D eigenvalue weighted by atomic mass is 10.3. The molecule has 0 aliphatic heterocycles. The van der Waals surface area contributed by atoms with E-state index in [0.29, 0.717) is 4.68 Å². The van der Waals surface area contributed by atoms with Crippen molar-refractivity contribution in [2.24, 2.45) is 0 Å². The van der Waals surface area contributed by atoms with E-state index in [2.05, 4.69) is 30.5 Å². The largest absolute Gasteiger partial charge is 0.453 e. The van der Waals surface area contributed by atoms with Crippen LogP contribution in [0, 0.1) is 0 Å². The zero-order valence-electron chi connectivity index (χ0n) is 13.0. The van der Waals surface area contributed by atoms with Crippen molar-refractivity contribution in [3.8, 4) is 0 Å². The summed E-state index contributed by atoms with van der Waals surface area (Å²) < 4.78 is 38.4. The van der Waals surface area contributed by atoms with E-state index in [0.717, 1.165) is 17.4 Å². The molecule has 0 bridgehead atoms. The molecule has 9 nitrogen and oxygen atoms in total. The van der Waals surface area contributed by atoms with Crippen molar-refractivity contribution in [3.63, 3.8) is 0 Å². The van der Waals surface area contributed by atoms with Crippen LogP contribution in [0.3, 0.4) is 0 Å². The first-order chi connectivity index (χ1) is 12.3. The van der Waals surface area contributed by atoms with Crippen molar-refractivity contribution >= 4 is 29.3 Å². The van der Waals surface area contributed by atoms with Gasteiger partial charge in [-0.2, -0.15) is 28.1 Å². The van der Waals surface area contributed by atoms with Crippen molar-refractivity contribution < 1.29 is 13.2 Å². The molecule has 13 heteroatoms. The maximum absolute atomic E-state index is 12.7. The maximum Gasteiger partial charge on any atom is 0.453 e. The Morgan fingerprint density at radius 1 is 1.08 bits per heavy atom. The Morgan fingerprint density at radius 3 is 2.46 bits per heavy atom. The minimum Gasteiger partial charge on any atom is -0.368 e. The topological polar surface area (TPSA) is 133 Å². The van der Waals surface area contributed by atoms with Crippen LogP contribution in [0.25, 0.3) is 0 Å². The number of hydrogen-bond acceptors (Lipinski definition) is 9. The van der Waals surface area contributed by atoms with Crippen LogP contribution in [-0.2, 0) is 11.9 Å². The van der Waals surface area contributed by atoms with Gasteiger partial charge in [-0.25, -0.2) is 4.68 Å². The number of nitrogens with one attached hydrogen (secondary N) is 1. The van der Waals surface area contributed by atoms with Crippen molar-refractivity contribution in [1.29, 1.82) is 0 Å². The number of anilines is 3. The lowest BCUT2D eigenvalue weighted by Gasteiger charge is -2.07. The molecule has 0 radical (unpaired) electrons. The molecular formula is C13H12F3N9S. The van der Waals surface area contributed by atoms with Crippen LogP contribution < -0.4 is 16.9 Å². The van der Waals surface area contributed by atoms with Crippen molar-refractivity contribution in [1.82, 2.24) is 29.8 Å². The smallest absolute Gasteiger partial charge is 0.368 e. The predicted octanol–water partition coefficient (Wildman–Crippen LogP) is 1.81. The van der Waals surface area contributed by atoms with Crippen molar-refractivity contribution in [2.45, 2.75) is 17.1 Å². The fourth-order valence-corrected chi connectivity index (χ4v) is 2.62. The first kappa shape index (κ1) is 17.7. The van der Waals surface area contributed by atoms with Crippen molar-refractivity contribution in [3.05, 3.63) is 42.0 Å². The standard InChI is InChI=1S/C13H12F3N9S/c14-13(15,16)9-23-24-12(25(9)18)26-6-8-20-10(17)22-11(21-8)19-7-4-2-1-3-5-7/h1-5H,6,18H2,(H3,17,19,20,21,22). The molecule has 2 aromatic heterocycles. The summed E-state index contributed by atoms with van der Waals surface area (Å²) in [6.45, 7) is 0. The predicted molar refractivity (Wildman–Crippen MR) is 88.7 cm³/mol. The summed E-state index contributed by atoms with van der Waals surface area (Å²) in [5.74, 6) is 4.59. The SMILES string of the molecule is Nc1nc(CSc2nnc(C(F)(F)F)n2N)nc(Nc2ccccc2)n1. The van der Waals surface area contributed by atoms with Crippen LogP contribution >= 0.6 is 11.8 Å². The highest BCUT2D eigenvalue weighted by molar-refractivity contribution is 7.98. The number of rotatable bonds is 5. The Labute approximate surface area is 149 Å². The molecule has 0 atom stereocenters. The number of halogens is 3. The number of para-hydroxylation sites is 1. The lowest BCUT2D eigenvalue weighted by Crippen LogP contribution is -2.21. The average molecular weight is 383 g/mol. The molecule has 0 saturated heterocycles. The summed E-state index contributed by atoms with van der Waals surface area (Å²) in [5, 5.41) is 9.29. The van der Waals surface area contributed by atoms with Crippen LogP contribution in [0.4, 0.5) is 30.8 Å². The van der Waals surface area contributed by atoms with E-state index in [1.165, 1.54) is 0 Å². The highest BCUT2D eigenvalue weighted by atomic mass is 32.2. The van der Waals surface area contributed by atoms with Gasteiger partial charge in [0.25, 0.3) is 5.82 Å². The Hall–Kier alpha value is -3.09. The summed E-state index contributed by atoms with van der Waals surface area (Å²) in [6, 6.07) is 9.13. The van der Waals surface area contributed by atoms with Crippen LogP contribution in [-0.4, -0.2) is 29.8 Å². The van der Waals surface area contributed by atoms with Crippen LogP contribution in [0.15, 0.2) is 35.5 Å². The van der Waals surface area contributed by atoms with Gasteiger partial charge >= 0.3 is 6.18 Å². The minimum atomic E-state index is -4.69. The monoisotopic (exact) mass is 383 g/mol. The third kappa shape index (κ3) is 4.11. The number of alkyl halides is 3. The number of hydrogen-bond donors (Lipinski definition) is 3. The van der Waals surface area contributed by atoms with E-state index in [1.807, 2.05) is 30.3 Å². The maximum atomic E-state index is 12.7. The summed E-state index contributed by atoms with van der Waals surface area (Å²) >= 11 is 0.889. The highest BCUT2D eigenvalue weighted by Gasteiger charge is 2.38. The summed E-state index contributed by atoms with van der Waals surface area (Å²) in [4.78, 5) is 12.1.